The summed E-state index contributed by atoms with van der Waals surface area (Å²) in [7, 11) is 0. The monoisotopic (exact) mass is 447 g/mol. The van der Waals surface area contributed by atoms with E-state index in [1.807, 2.05) is 48.5 Å². The van der Waals surface area contributed by atoms with Crippen LogP contribution in [0.25, 0.3) is 21.5 Å². The average molecular weight is 448 g/mol. The molecule has 1 fully saturated rings. The number of nitrogens with zero attached hydrogens (tertiary/aromatic N) is 1. The first-order valence-electron chi connectivity index (χ1n) is 11.3. The third kappa shape index (κ3) is 4.41. The summed E-state index contributed by atoms with van der Waals surface area (Å²) < 4.78 is 0. The Hall–Kier alpha value is -2.75. The fraction of sp³-hybridized carbons (Fsp3) is 0.286. The number of rotatable bonds is 5. The van der Waals surface area contributed by atoms with Gasteiger partial charge in [0.2, 0.25) is 0 Å². The summed E-state index contributed by atoms with van der Waals surface area (Å²) in [5.74, 6) is 0.698. The Morgan fingerprint density at radius 1 is 0.625 bits per heavy atom. The van der Waals surface area contributed by atoms with Crippen LogP contribution in [-0.4, -0.2) is 21.2 Å². The molecule has 0 radical (unpaired) electrons. The minimum absolute atomic E-state index is 0. The van der Waals surface area contributed by atoms with Crippen LogP contribution in [0.15, 0.2) is 72.8 Å². The zero-order chi connectivity index (χ0) is 21.2. The Bertz CT molecular complexity index is 1130. The second-order valence-corrected chi connectivity index (χ2v) is 8.77. The molecule has 0 aliphatic heterocycles. The summed E-state index contributed by atoms with van der Waals surface area (Å²) in [5.41, 5.74) is 1.95. The van der Waals surface area contributed by atoms with Crippen LogP contribution in [0.1, 0.15) is 43.2 Å². The van der Waals surface area contributed by atoms with Crippen molar-refractivity contribution >= 4 is 34.0 Å². The molecule has 0 heterocycles. The van der Waals surface area contributed by atoms with Gasteiger partial charge in [-0.25, -0.2) is 0 Å². The number of aromatic hydroxyl groups is 2. The van der Waals surface area contributed by atoms with Gasteiger partial charge in [-0.15, -0.1) is 12.4 Å². The predicted molar refractivity (Wildman–Crippen MR) is 135 cm³/mol. The number of phenols is 2. The zero-order valence-corrected chi connectivity index (χ0v) is 19.0. The molecule has 3 nitrogen and oxygen atoms in total. The maximum atomic E-state index is 10.8. The van der Waals surface area contributed by atoms with E-state index < -0.39 is 0 Å². The summed E-state index contributed by atoms with van der Waals surface area (Å²) in [5, 5.41) is 26.0. The van der Waals surface area contributed by atoms with Crippen molar-refractivity contribution in [2.75, 3.05) is 0 Å². The fourth-order valence-electron chi connectivity index (χ4n) is 5.15. The van der Waals surface area contributed by atoms with Gasteiger partial charge >= 0.3 is 0 Å². The van der Waals surface area contributed by atoms with Crippen LogP contribution < -0.4 is 0 Å². The quantitative estimate of drug-likeness (QED) is 0.341. The van der Waals surface area contributed by atoms with Crippen molar-refractivity contribution in [3.63, 3.8) is 0 Å². The highest BCUT2D eigenvalue weighted by Gasteiger charge is 2.24. The number of fused-ring (bicyclic) bond motifs is 2. The van der Waals surface area contributed by atoms with Crippen molar-refractivity contribution in [1.29, 1.82) is 0 Å². The van der Waals surface area contributed by atoms with Crippen LogP contribution in [-0.2, 0) is 13.1 Å². The van der Waals surface area contributed by atoms with E-state index in [0.717, 1.165) is 45.5 Å². The van der Waals surface area contributed by atoms with Gasteiger partial charge in [0.15, 0.2) is 0 Å². The van der Waals surface area contributed by atoms with E-state index in [9.17, 15) is 10.2 Å². The summed E-state index contributed by atoms with van der Waals surface area (Å²) in [6.07, 6.45) is 6.10. The molecular weight excluding hydrogens is 418 g/mol. The molecule has 0 spiro atoms. The number of benzene rings is 4. The minimum atomic E-state index is 0. The Morgan fingerprint density at radius 2 is 1.09 bits per heavy atom. The van der Waals surface area contributed by atoms with Gasteiger partial charge < -0.3 is 10.2 Å². The molecule has 32 heavy (non-hydrogen) atoms. The molecule has 4 heteroatoms. The normalized spacial score (nSPS) is 14.7. The van der Waals surface area contributed by atoms with Crippen LogP contribution in [0.3, 0.4) is 0 Å². The highest BCUT2D eigenvalue weighted by atomic mass is 35.5. The van der Waals surface area contributed by atoms with E-state index in [2.05, 4.69) is 29.2 Å². The van der Waals surface area contributed by atoms with E-state index in [4.69, 9.17) is 0 Å². The van der Waals surface area contributed by atoms with Crippen molar-refractivity contribution in [1.82, 2.24) is 4.90 Å². The third-order valence-electron chi connectivity index (χ3n) is 6.85. The number of halogens is 1. The lowest BCUT2D eigenvalue weighted by Gasteiger charge is -2.35. The van der Waals surface area contributed by atoms with Gasteiger partial charge in [-0.05, 0) is 46.5 Å². The number of phenolic OH excluding ortho intramolecular Hbond substituents is 2. The lowest BCUT2D eigenvalue weighted by Crippen LogP contribution is -2.36. The van der Waals surface area contributed by atoms with Crippen molar-refractivity contribution in [3.05, 3.63) is 83.9 Å². The van der Waals surface area contributed by atoms with Gasteiger partial charge in [0.1, 0.15) is 11.5 Å². The van der Waals surface area contributed by atoms with Crippen LogP contribution in [0, 0.1) is 0 Å². The van der Waals surface area contributed by atoms with Crippen molar-refractivity contribution in [3.8, 4) is 11.5 Å². The highest BCUT2D eigenvalue weighted by Crippen LogP contribution is 2.35. The number of hydrogen-bond acceptors (Lipinski definition) is 3. The van der Waals surface area contributed by atoms with Gasteiger partial charge in [0, 0.05) is 30.3 Å². The fourth-order valence-corrected chi connectivity index (χ4v) is 5.15. The summed E-state index contributed by atoms with van der Waals surface area (Å²) in [4.78, 5) is 2.47. The first kappa shape index (κ1) is 22.4. The lowest BCUT2D eigenvalue weighted by atomic mass is 9.92. The van der Waals surface area contributed by atoms with E-state index in [-0.39, 0.29) is 12.4 Å². The van der Waals surface area contributed by atoms with Gasteiger partial charge in [-0.3, -0.25) is 4.90 Å². The average Bonchev–Trinajstić information content (AvgIpc) is 2.82. The summed E-state index contributed by atoms with van der Waals surface area (Å²) in [6, 6.07) is 24.6. The number of hydrogen-bond donors (Lipinski definition) is 2. The van der Waals surface area contributed by atoms with Crippen LogP contribution in [0.5, 0.6) is 11.5 Å². The molecule has 0 aromatic heterocycles. The first-order valence-corrected chi connectivity index (χ1v) is 11.3. The zero-order valence-electron chi connectivity index (χ0n) is 18.2. The standard InChI is InChI=1S/C28H29NO2.ClH/c30-27-16-14-20-8-4-6-12-23(20)25(27)18-29(22-10-2-1-3-11-22)19-26-24-13-7-5-9-21(24)15-17-28(26)31;/h4-9,12-17,22,30-31H,1-3,10-11,18-19H2;1H. The van der Waals surface area contributed by atoms with E-state index >= 15 is 0 Å². The minimum Gasteiger partial charge on any atom is -0.508 e. The maximum Gasteiger partial charge on any atom is 0.120 e. The van der Waals surface area contributed by atoms with E-state index in [1.165, 1.54) is 19.3 Å². The second kappa shape index (κ2) is 9.81. The molecule has 166 valence electrons. The lowest BCUT2D eigenvalue weighted by molar-refractivity contribution is 0.138. The molecule has 1 aliphatic rings. The third-order valence-corrected chi connectivity index (χ3v) is 6.85. The van der Waals surface area contributed by atoms with Crippen LogP contribution >= 0.6 is 12.4 Å². The second-order valence-electron chi connectivity index (χ2n) is 8.77. The topological polar surface area (TPSA) is 43.7 Å². The summed E-state index contributed by atoms with van der Waals surface area (Å²) >= 11 is 0. The Kier molecular flexibility index (Phi) is 6.88. The van der Waals surface area contributed by atoms with Crippen molar-refractivity contribution in [2.45, 2.75) is 51.2 Å². The maximum absolute atomic E-state index is 10.8. The molecule has 0 unspecified atom stereocenters. The molecule has 1 saturated carbocycles. The predicted octanol–water partition coefficient (Wildman–Crippen LogP) is 7.16. The van der Waals surface area contributed by atoms with Crippen LogP contribution in [0.2, 0.25) is 0 Å². The van der Waals surface area contributed by atoms with Gasteiger partial charge in [-0.2, -0.15) is 0 Å². The molecule has 4 aromatic rings. The molecule has 0 amide bonds. The Morgan fingerprint density at radius 3 is 1.59 bits per heavy atom. The van der Waals surface area contributed by atoms with Gasteiger partial charge in [0.25, 0.3) is 0 Å². The summed E-state index contributed by atoms with van der Waals surface area (Å²) in [6.45, 7) is 1.33. The molecule has 0 saturated heterocycles. The molecule has 2 N–H and O–H groups in total. The Labute approximate surface area is 195 Å². The molecular formula is C28H30ClNO2. The van der Waals surface area contributed by atoms with Crippen molar-refractivity contribution < 1.29 is 10.2 Å². The molecule has 0 atom stereocenters. The van der Waals surface area contributed by atoms with E-state index in [0.29, 0.717) is 30.6 Å². The van der Waals surface area contributed by atoms with Crippen molar-refractivity contribution in [2.24, 2.45) is 0 Å². The van der Waals surface area contributed by atoms with Gasteiger partial charge in [-0.1, -0.05) is 79.9 Å². The molecule has 4 aromatic carbocycles. The molecule has 5 rings (SSSR count). The smallest absolute Gasteiger partial charge is 0.120 e. The van der Waals surface area contributed by atoms with Crippen LogP contribution in [0.4, 0.5) is 0 Å². The molecule has 0 bridgehead atoms. The Balaban J connectivity index is 0.00000245. The largest absolute Gasteiger partial charge is 0.508 e. The highest BCUT2D eigenvalue weighted by molar-refractivity contribution is 5.88. The van der Waals surface area contributed by atoms with E-state index in [1.54, 1.807) is 0 Å². The van der Waals surface area contributed by atoms with Gasteiger partial charge in [0.05, 0.1) is 0 Å². The first-order chi connectivity index (χ1) is 15.2. The molecule has 1 aliphatic carbocycles. The SMILES string of the molecule is Cl.Oc1ccc2ccccc2c1CN(Cc1c(O)ccc2ccccc12)C1CCCCC1.